The van der Waals surface area contributed by atoms with Crippen LogP contribution in [0.15, 0.2) is 48.5 Å². The second-order valence-electron chi connectivity index (χ2n) is 7.82. The van der Waals surface area contributed by atoms with Crippen LogP contribution in [-0.2, 0) is 24.1 Å². The van der Waals surface area contributed by atoms with Crippen LogP contribution in [0.25, 0.3) is 0 Å². The molecule has 1 aliphatic carbocycles. The second-order valence-corrected chi connectivity index (χ2v) is 9.36. The molecule has 8 heteroatoms. The van der Waals surface area contributed by atoms with Gasteiger partial charge in [-0.15, -0.1) is 11.3 Å². The Morgan fingerprint density at radius 2 is 1.91 bits per heavy atom. The number of amides is 2. The third-order valence-corrected chi connectivity index (χ3v) is 6.97. The standard InChI is InChI=1S/C25H26ClN3O3S/c1-32-20-11-10-17(26)14-19(20)28-24(31)23-18-8-5-9-21(18)33-25(23)29-22(30)15-27-13-12-16-6-3-2-4-7-16/h2-4,6-7,10-11,14,27H,5,8-9,12-13,15H2,1H3,(H,28,31)(H,29,30). The quantitative estimate of drug-likeness (QED) is 0.377. The average Bonchev–Trinajstić information content (AvgIpc) is 3.38. The van der Waals surface area contributed by atoms with E-state index in [9.17, 15) is 9.59 Å². The van der Waals surface area contributed by atoms with Crippen LogP contribution in [0.3, 0.4) is 0 Å². The van der Waals surface area contributed by atoms with E-state index < -0.39 is 0 Å². The molecule has 0 unspecified atom stereocenters. The second kappa shape index (κ2) is 10.8. The maximum Gasteiger partial charge on any atom is 0.259 e. The topological polar surface area (TPSA) is 79.5 Å². The molecule has 0 aliphatic heterocycles. The van der Waals surface area contributed by atoms with Crippen LogP contribution in [0.2, 0.25) is 5.02 Å². The highest BCUT2D eigenvalue weighted by Crippen LogP contribution is 2.40. The molecule has 0 spiro atoms. The zero-order valence-corrected chi connectivity index (χ0v) is 19.9. The third-order valence-electron chi connectivity index (χ3n) is 5.53. The molecule has 4 rings (SSSR count). The molecule has 1 aliphatic rings. The zero-order chi connectivity index (χ0) is 23.2. The van der Waals surface area contributed by atoms with Crippen molar-refractivity contribution < 1.29 is 14.3 Å². The van der Waals surface area contributed by atoms with Gasteiger partial charge in [0, 0.05) is 9.90 Å². The van der Waals surface area contributed by atoms with Gasteiger partial charge in [-0.1, -0.05) is 41.9 Å². The fourth-order valence-corrected chi connectivity index (χ4v) is 5.42. The minimum absolute atomic E-state index is 0.169. The number of methoxy groups -OCH3 is 1. The van der Waals surface area contributed by atoms with Gasteiger partial charge in [-0.05, 0) is 61.6 Å². The summed E-state index contributed by atoms with van der Waals surface area (Å²) < 4.78 is 5.34. The average molecular weight is 484 g/mol. The maximum absolute atomic E-state index is 13.3. The number of nitrogens with one attached hydrogen (secondary N) is 3. The molecule has 2 aromatic carbocycles. The summed E-state index contributed by atoms with van der Waals surface area (Å²) in [5.74, 6) is 0.0764. The summed E-state index contributed by atoms with van der Waals surface area (Å²) in [6, 6.07) is 15.2. The third kappa shape index (κ3) is 5.74. The Kier molecular flexibility index (Phi) is 7.65. The Morgan fingerprint density at radius 3 is 2.70 bits per heavy atom. The lowest BCUT2D eigenvalue weighted by atomic mass is 10.1. The van der Waals surface area contributed by atoms with E-state index in [-0.39, 0.29) is 18.4 Å². The Hall–Kier alpha value is -2.87. The summed E-state index contributed by atoms with van der Waals surface area (Å²) in [7, 11) is 1.54. The van der Waals surface area contributed by atoms with Gasteiger partial charge >= 0.3 is 0 Å². The number of thiophene rings is 1. The highest BCUT2D eigenvalue weighted by Gasteiger charge is 2.28. The highest BCUT2D eigenvalue weighted by molar-refractivity contribution is 7.17. The normalized spacial score (nSPS) is 12.3. The summed E-state index contributed by atoms with van der Waals surface area (Å²) in [5, 5.41) is 10.1. The van der Waals surface area contributed by atoms with Gasteiger partial charge in [-0.3, -0.25) is 9.59 Å². The molecule has 172 valence electrons. The number of hydrogen-bond donors (Lipinski definition) is 3. The van der Waals surface area contributed by atoms with E-state index in [1.165, 1.54) is 24.0 Å². The Morgan fingerprint density at radius 1 is 1.09 bits per heavy atom. The monoisotopic (exact) mass is 483 g/mol. The lowest BCUT2D eigenvalue weighted by Gasteiger charge is -2.13. The molecule has 0 fully saturated rings. The first-order valence-electron chi connectivity index (χ1n) is 10.9. The number of carbonyl (C=O) groups excluding carboxylic acids is 2. The van der Waals surface area contributed by atoms with Crippen molar-refractivity contribution in [1.29, 1.82) is 0 Å². The minimum atomic E-state index is -0.276. The van der Waals surface area contributed by atoms with Crippen molar-refractivity contribution in [3.63, 3.8) is 0 Å². The Bertz CT molecular complexity index is 1150. The van der Waals surface area contributed by atoms with Crippen molar-refractivity contribution in [2.75, 3.05) is 30.8 Å². The number of aryl methyl sites for hydroxylation is 1. The molecule has 1 heterocycles. The van der Waals surface area contributed by atoms with Crippen LogP contribution >= 0.6 is 22.9 Å². The lowest BCUT2D eigenvalue weighted by molar-refractivity contribution is -0.115. The van der Waals surface area contributed by atoms with Gasteiger partial charge in [0.1, 0.15) is 10.8 Å². The van der Waals surface area contributed by atoms with E-state index in [4.69, 9.17) is 16.3 Å². The number of fused-ring (bicyclic) bond motifs is 1. The molecular formula is C25H26ClN3O3S. The molecule has 0 bridgehead atoms. The molecule has 0 radical (unpaired) electrons. The first-order valence-corrected chi connectivity index (χ1v) is 12.1. The molecule has 2 amide bonds. The van der Waals surface area contributed by atoms with Crippen LogP contribution in [0.5, 0.6) is 5.75 Å². The lowest BCUT2D eigenvalue weighted by Crippen LogP contribution is -2.30. The summed E-state index contributed by atoms with van der Waals surface area (Å²) >= 11 is 7.59. The van der Waals surface area contributed by atoms with E-state index in [2.05, 4.69) is 28.1 Å². The molecular weight excluding hydrogens is 458 g/mol. The van der Waals surface area contributed by atoms with Gasteiger partial charge in [0.15, 0.2) is 0 Å². The smallest absolute Gasteiger partial charge is 0.259 e. The van der Waals surface area contributed by atoms with E-state index in [1.807, 2.05) is 18.2 Å². The molecule has 33 heavy (non-hydrogen) atoms. The summed E-state index contributed by atoms with van der Waals surface area (Å²) in [6.07, 6.45) is 3.60. The van der Waals surface area contributed by atoms with Crippen molar-refractivity contribution in [1.82, 2.24) is 5.32 Å². The van der Waals surface area contributed by atoms with Crippen LogP contribution < -0.4 is 20.7 Å². The van der Waals surface area contributed by atoms with Gasteiger partial charge < -0.3 is 20.7 Å². The van der Waals surface area contributed by atoms with Gasteiger partial charge in [0.05, 0.1) is 24.9 Å². The van der Waals surface area contributed by atoms with Gasteiger partial charge in [0.2, 0.25) is 5.91 Å². The predicted octanol–water partition coefficient (Wildman–Crippen LogP) is 4.92. The van der Waals surface area contributed by atoms with E-state index in [0.717, 1.165) is 36.1 Å². The molecule has 0 atom stereocenters. The predicted molar refractivity (Wildman–Crippen MR) is 134 cm³/mol. The number of rotatable bonds is 9. The number of hydrogen-bond acceptors (Lipinski definition) is 5. The van der Waals surface area contributed by atoms with E-state index >= 15 is 0 Å². The van der Waals surface area contributed by atoms with Crippen LogP contribution in [0.4, 0.5) is 10.7 Å². The zero-order valence-electron chi connectivity index (χ0n) is 18.4. The number of anilines is 2. The van der Waals surface area contributed by atoms with Gasteiger partial charge in [-0.2, -0.15) is 0 Å². The van der Waals surface area contributed by atoms with Crippen LogP contribution in [0.1, 0.15) is 32.8 Å². The first-order chi connectivity index (χ1) is 16.0. The SMILES string of the molecule is COc1ccc(Cl)cc1NC(=O)c1c(NC(=O)CNCCc2ccccc2)sc2c1CCC2. The molecule has 3 N–H and O–H groups in total. The minimum Gasteiger partial charge on any atom is -0.495 e. The maximum atomic E-state index is 13.3. The largest absolute Gasteiger partial charge is 0.495 e. The number of carbonyl (C=O) groups is 2. The van der Waals surface area contributed by atoms with Crippen molar-refractivity contribution in [3.8, 4) is 5.75 Å². The van der Waals surface area contributed by atoms with Crippen LogP contribution in [-0.4, -0.2) is 32.0 Å². The highest BCUT2D eigenvalue weighted by atomic mass is 35.5. The fourth-order valence-electron chi connectivity index (χ4n) is 3.95. The fraction of sp³-hybridized carbons (Fsp3) is 0.280. The number of ether oxygens (including phenoxy) is 1. The van der Waals surface area contributed by atoms with E-state index in [0.29, 0.717) is 33.6 Å². The first kappa shape index (κ1) is 23.3. The number of halogens is 1. The van der Waals surface area contributed by atoms with E-state index in [1.54, 1.807) is 18.2 Å². The molecule has 1 aromatic heterocycles. The van der Waals surface area contributed by atoms with Crippen molar-refractivity contribution in [2.24, 2.45) is 0 Å². The molecule has 3 aromatic rings. The van der Waals surface area contributed by atoms with Crippen molar-refractivity contribution in [3.05, 3.63) is 75.1 Å². The molecule has 6 nitrogen and oxygen atoms in total. The Balaban J connectivity index is 1.42. The summed E-state index contributed by atoms with van der Waals surface area (Å²) in [4.78, 5) is 27.0. The molecule has 0 saturated carbocycles. The molecule has 0 saturated heterocycles. The summed E-state index contributed by atoms with van der Waals surface area (Å²) in [5.41, 5.74) is 3.27. The van der Waals surface area contributed by atoms with Gasteiger partial charge in [0.25, 0.3) is 5.91 Å². The van der Waals surface area contributed by atoms with Crippen molar-refractivity contribution in [2.45, 2.75) is 25.7 Å². The van der Waals surface area contributed by atoms with Gasteiger partial charge in [-0.25, -0.2) is 0 Å². The Labute approximate surface area is 202 Å². The van der Waals surface area contributed by atoms with Crippen molar-refractivity contribution >= 4 is 45.4 Å². The number of benzene rings is 2. The van der Waals surface area contributed by atoms with Crippen LogP contribution in [0, 0.1) is 0 Å². The summed E-state index contributed by atoms with van der Waals surface area (Å²) in [6.45, 7) is 0.874.